The standard InChI is InChI=1S/C17H12FNO/c1-11-4-6-14(18)10-15(11)17(20)13-5-7-16-12(9-13)3-2-8-19-16/h2-10H,1H3. The van der Waals surface area contributed by atoms with Crippen LogP contribution in [0.15, 0.2) is 54.7 Å². The second-order valence-electron chi connectivity index (χ2n) is 4.70. The Hall–Kier alpha value is -2.55. The van der Waals surface area contributed by atoms with E-state index in [9.17, 15) is 9.18 Å². The summed E-state index contributed by atoms with van der Waals surface area (Å²) in [6, 6.07) is 13.3. The van der Waals surface area contributed by atoms with E-state index in [1.54, 1.807) is 37.4 Å². The molecule has 0 saturated carbocycles. The second kappa shape index (κ2) is 4.85. The molecule has 0 amide bonds. The van der Waals surface area contributed by atoms with Crippen molar-refractivity contribution in [2.45, 2.75) is 6.92 Å². The summed E-state index contributed by atoms with van der Waals surface area (Å²) in [6.07, 6.45) is 1.71. The van der Waals surface area contributed by atoms with Crippen LogP contribution < -0.4 is 0 Å². The van der Waals surface area contributed by atoms with Crippen LogP contribution >= 0.6 is 0 Å². The average Bonchev–Trinajstić information content (AvgIpc) is 2.48. The lowest BCUT2D eigenvalue weighted by atomic mass is 9.98. The average molecular weight is 265 g/mol. The van der Waals surface area contributed by atoms with Crippen molar-refractivity contribution in [1.82, 2.24) is 4.98 Å². The monoisotopic (exact) mass is 265 g/mol. The molecule has 0 aliphatic heterocycles. The van der Waals surface area contributed by atoms with E-state index in [0.717, 1.165) is 16.5 Å². The lowest BCUT2D eigenvalue weighted by Gasteiger charge is -2.06. The number of aromatic nitrogens is 1. The van der Waals surface area contributed by atoms with Crippen molar-refractivity contribution >= 4 is 16.7 Å². The van der Waals surface area contributed by atoms with Crippen LogP contribution in [-0.4, -0.2) is 10.8 Å². The third-order valence-corrected chi connectivity index (χ3v) is 3.31. The van der Waals surface area contributed by atoms with Gasteiger partial charge in [0.05, 0.1) is 5.52 Å². The van der Waals surface area contributed by atoms with Crippen LogP contribution in [0.4, 0.5) is 4.39 Å². The summed E-state index contributed by atoms with van der Waals surface area (Å²) in [5.74, 6) is -0.575. The molecule has 1 aromatic heterocycles. The Morgan fingerprint density at radius 3 is 2.80 bits per heavy atom. The summed E-state index contributed by atoms with van der Waals surface area (Å²) >= 11 is 0. The molecule has 3 aromatic rings. The van der Waals surface area contributed by atoms with Gasteiger partial charge in [-0.05, 0) is 48.9 Å². The molecule has 1 heterocycles. The Kier molecular flexibility index (Phi) is 3.03. The number of benzene rings is 2. The minimum absolute atomic E-state index is 0.173. The van der Waals surface area contributed by atoms with E-state index in [0.29, 0.717) is 11.1 Å². The number of aryl methyl sites for hydroxylation is 1. The first-order valence-corrected chi connectivity index (χ1v) is 6.31. The molecule has 3 rings (SSSR count). The summed E-state index contributed by atoms with van der Waals surface area (Å²) in [6.45, 7) is 1.80. The van der Waals surface area contributed by atoms with Gasteiger partial charge in [0, 0.05) is 22.7 Å². The number of hydrogen-bond acceptors (Lipinski definition) is 2. The van der Waals surface area contributed by atoms with Crippen LogP contribution in [0.2, 0.25) is 0 Å². The van der Waals surface area contributed by atoms with E-state index >= 15 is 0 Å². The predicted molar refractivity (Wildman–Crippen MR) is 76.3 cm³/mol. The Balaban J connectivity index is 2.10. The third-order valence-electron chi connectivity index (χ3n) is 3.31. The van der Waals surface area contributed by atoms with Crippen LogP contribution in [-0.2, 0) is 0 Å². The van der Waals surface area contributed by atoms with Gasteiger partial charge in [0.15, 0.2) is 5.78 Å². The molecule has 2 aromatic carbocycles. The van der Waals surface area contributed by atoms with Gasteiger partial charge in [0.1, 0.15) is 5.82 Å². The topological polar surface area (TPSA) is 30.0 Å². The molecule has 0 radical (unpaired) electrons. The zero-order chi connectivity index (χ0) is 14.1. The zero-order valence-corrected chi connectivity index (χ0v) is 10.9. The molecular weight excluding hydrogens is 253 g/mol. The Morgan fingerprint density at radius 1 is 1.10 bits per heavy atom. The van der Waals surface area contributed by atoms with Crippen molar-refractivity contribution in [3.8, 4) is 0 Å². The van der Waals surface area contributed by atoms with Crippen LogP contribution in [0.3, 0.4) is 0 Å². The maximum absolute atomic E-state index is 13.3. The number of carbonyl (C=O) groups is 1. The van der Waals surface area contributed by atoms with E-state index < -0.39 is 5.82 Å². The number of hydrogen-bond donors (Lipinski definition) is 0. The Labute approximate surface area is 115 Å². The first-order valence-electron chi connectivity index (χ1n) is 6.31. The molecule has 3 heteroatoms. The lowest BCUT2D eigenvalue weighted by molar-refractivity contribution is 0.103. The molecule has 20 heavy (non-hydrogen) atoms. The highest BCUT2D eigenvalue weighted by atomic mass is 19.1. The summed E-state index contributed by atoms with van der Waals surface area (Å²) in [5, 5.41) is 0.896. The number of pyridine rings is 1. The molecule has 0 saturated heterocycles. The number of carbonyl (C=O) groups excluding carboxylic acids is 1. The summed E-state index contributed by atoms with van der Waals surface area (Å²) in [5.41, 5.74) is 2.54. The maximum Gasteiger partial charge on any atom is 0.193 e. The van der Waals surface area contributed by atoms with Gasteiger partial charge in [-0.15, -0.1) is 0 Å². The van der Waals surface area contributed by atoms with Crippen molar-refractivity contribution < 1.29 is 9.18 Å². The molecule has 0 fully saturated rings. The normalized spacial score (nSPS) is 10.7. The fourth-order valence-electron chi connectivity index (χ4n) is 2.21. The minimum Gasteiger partial charge on any atom is -0.289 e. The first-order chi connectivity index (χ1) is 9.65. The third kappa shape index (κ3) is 2.18. The van der Waals surface area contributed by atoms with Crippen molar-refractivity contribution in [1.29, 1.82) is 0 Å². The summed E-state index contributed by atoms with van der Waals surface area (Å²) in [4.78, 5) is 16.7. The Morgan fingerprint density at radius 2 is 1.95 bits per heavy atom. The summed E-state index contributed by atoms with van der Waals surface area (Å²) < 4.78 is 13.3. The predicted octanol–water partition coefficient (Wildman–Crippen LogP) is 3.91. The SMILES string of the molecule is Cc1ccc(F)cc1C(=O)c1ccc2ncccc2c1. The number of fused-ring (bicyclic) bond motifs is 1. The van der Waals surface area contributed by atoms with E-state index in [2.05, 4.69) is 4.98 Å². The minimum atomic E-state index is -0.401. The van der Waals surface area contributed by atoms with Gasteiger partial charge in [-0.1, -0.05) is 12.1 Å². The fraction of sp³-hybridized carbons (Fsp3) is 0.0588. The lowest BCUT2D eigenvalue weighted by Crippen LogP contribution is -2.04. The highest BCUT2D eigenvalue weighted by Gasteiger charge is 2.13. The second-order valence-corrected chi connectivity index (χ2v) is 4.70. The molecule has 0 spiro atoms. The van der Waals surface area contributed by atoms with Crippen LogP contribution in [0, 0.1) is 12.7 Å². The zero-order valence-electron chi connectivity index (χ0n) is 10.9. The van der Waals surface area contributed by atoms with Gasteiger partial charge in [-0.3, -0.25) is 9.78 Å². The molecule has 98 valence electrons. The van der Waals surface area contributed by atoms with E-state index in [4.69, 9.17) is 0 Å². The molecule has 0 N–H and O–H groups in total. The van der Waals surface area contributed by atoms with Gasteiger partial charge in [0.25, 0.3) is 0 Å². The van der Waals surface area contributed by atoms with Gasteiger partial charge < -0.3 is 0 Å². The molecule has 0 atom stereocenters. The van der Waals surface area contributed by atoms with Crippen LogP contribution in [0.25, 0.3) is 10.9 Å². The van der Waals surface area contributed by atoms with Crippen molar-refractivity contribution in [3.63, 3.8) is 0 Å². The molecule has 0 unspecified atom stereocenters. The van der Waals surface area contributed by atoms with Gasteiger partial charge in [-0.25, -0.2) is 4.39 Å². The van der Waals surface area contributed by atoms with Crippen LogP contribution in [0.1, 0.15) is 21.5 Å². The summed E-state index contributed by atoms with van der Waals surface area (Å²) in [7, 11) is 0. The van der Waals surface area contributed by atoms with Crippen molar-refractivity contribution in [2.24, 2.45) is 0 Å². The van der Waals surface area contributed by atoms with Crippen LogP contribution in [0.5, 0.6) is 0 Å². The van der Waals surface area contributed by atoms with Gasteiger partial charge >= 0.3 is 0 Å². The van der Waals surface area contributed by atoms with E-state index in [1.807, 2.05) is 12.1 Å². The van der Waals surface area contributed by atoms with E-state index in [1.165, 1.54) is 12.1 Å². The quantitative estimate of drug-likeness (QED) is 0.657. The first kappa shape index (κ1) is 12.5. The number of halogens is 1. The van der Waals surface area contributed by atoms with Crippen molar-refractivity contribution in [2.75, 3.05) is 0 Å². The van der Waals surface area contributed by atoms with Gasteiger partial charge in [0.2, 0.25) is 0 Å². The molecule has 0 bridgehead atoms. The molecule has 2 nitrogen and oxygen atoms in total. The number of rotatable bonds is 2. The van der Waals surface area contributed by atoms with Gasteiger partial charge in [-0.2, -0.15) is 0 Å². The van der Waals surface area contributed by atoms with Crippen molar-refractivity contribution in [3.05, 3.63) is 77.2 Å². The Bertz CT molecular complexity index is 811. The maximum atomic E-state index is 13.3. The molecule has 0 aliphatic rings. The molecule has 0 aliphatic carbocycles. The molecular formula is C17H12FNO. The largest absolute Gasteiger partial charge is 0.289 e. The highest BCUT2D eigenvalue weighted by molar-refractivity contribution is 6.11. The fourth-order valence-corrected chi connectivity index (χ4v) is 2.21. The van der Waals surface area contributed by atoms with E-state index in [-0.39, 0.29) is 5.78 Å². The smallest absolute Gasteiger partial charge is 0.193 e. The number of ketones is 1. The number of nitrogens with zero attached hydrogens (tertiary/aromatic N) is 1. The highest BCUT2D eigenvalue weighted by Crippen LogP contribution is 2.19.